The summed E-state index contributed by atoms with van der Waals surface area (Å²) in [5.74, 6) is 1.20. The topological polar surface area (TPSA) is 107 Å². The van der Waals surface area contributed by atoms with Gasteiger partial charge >= 0.3 is 0 Å². The lowest BCUT2D eigenvalue weighted by atomic mass is 10.2. The van der Waals surface area contributed by atoms with Crippen molar-refractivity contribution >= 4 is 18.3 Å². The van der Waals surface area contributed by atoms with Gasteiger partial charge in [0.1, 0.15) is 12.6 Å². The highest BCUT2D eigenvalue weighted by Gasteiger charge is 2.30. The molecule has 0 aromatic carbocycles. The molecule has 0 aliphatic carbocycles. The summed E-state index contributed by atoms with van der Waals surface area (Å²) < 4.78 is 7.06. The predicted octanol–water partition coefficient (Wildman–Crippen LogP) is -0.931. The van der Waals surface area contributed by atoms with E-state index in [1.54, 1.807) is 12.0 Å². The summed E-state index contributed by atoms with van der Waals surface area (Å²) in [7, 11) is 1.60. The van der Waals surface area contributed by atoms with Crippen molar-refractivity contribution in [3.05, 3.63) is 11.6 Å². The SMILES string of the molecule is COCc1nnc2n1[C@@H](C)CN(C(=O)[C@@H](N)CO)C2.Cl. The number of amides is 1. The van der Waals surface area contributed by atoms with Crippen LogP contribution in [-0.2, 0) is 22.7 Å². The van der Waals surface area contributed by atoms with E-state index in [9.17, 15) is 4.79 Å². The van der Waals surface area contributed by atoms with Crippen LogP contribution in [0.4, 0.5) is 0 Å². The molecule has 1 aliphatic heterocycles. The number of carbonyl (C=O) groups is 1. The van der Waals surface area contributed by atoms with Gasteiger partial charge in [0.15, 0.2) is 11.6 Å². The molecule has 114 valence electrons. The predicted molar refractivity (Wildman–Crippen MR) is 73.2 cm³/mol. The summed E-state index contributed by atoms with van der Waals surface area (Å²) in [5.41, 5.74) is 5.56. The molecule has 8 nitrogen and oxygen atoms in total. The smallest absolute Gasteiger partial charge is 0.242 e. The van der Waals surface area contributed by atoms with Crippen molar-refractivity contribution < 1.29 is 14.6 Å². The third-order valence-corrected chi connectivity index (χ3v) is 3.19. The van der Waals surface area contributed by atoms with Gasteiger partial charge in [0.2, 0.25) is 5.91 Å². The first-order chi connectivity index (χ1) is 9.08. The molecule has 1 aliphatic rings. The number of rotatable bonds is 4. The Hall–Kier alpha value is -1.22. The Morgan fingerprint density at radius 3 is 2.90 bits per heavy atom. The maximum absolute atomic E-state index is 12.0. The number of methoxy groups -OCH3 is 1. The van der Waals surface area contributed by atoms with Gasteiger partial charge < -0.3 is 25.0 Å². The fourth-order valence-electron chi connectivity index (χ4n) is 2.32. The number of hydrogen-bond donors (Lipinski definition) is 2. The van der Waals surface area contributed by atoms with Crippen molar-refractivity contribution in [1.29, 1.82) is 0 Å². The van der Waals surface area contributed by atoms with E-state index in [4.69, 9.17) is 15.6 Å². The highest BCUT2D eigenvalue weighted by Crippen LogP contribution is 2.22. The summed E-state index contributed by atoms with van der Waals surface area (Å²) in [4.78, 5) is 13.6. The van der Waals surface area contributed by atoms with Gasteiger partial charge in [-0.2, -0.15) is 0 Å². The molecular formula is C11H20ClN5O3. The van der Waals surface area contributed by atoms with Crippen molar-refractivity contribution in [3.8, 4) is 0 Å². The molecule has 1 amide bonds. The summed E-state index contributed by atoms with van der Waals surface area (Å²) in [6, 6.07) is -0.821. The monoisotopic (exact) mass is 305 g/mol. The number of hydrogen-bond acceptors (Lipinski definition) is 6. The fourth-order valence-corrected chi connectivity index (χ4v) is 2.32. The average molecular weight is 306 g/mol. The van der Waals surface area contributed by atoms with E-state index >= 15 is 0 Å². The largest absolute Gasteiger partial charge is 0.394 e. The minimum Gasteiger partial charge on any atom is -0.394 e. The second kappa shape index (κ2) is 6.98. The van der Waals surface area contributed by atoms with E-state index in [0.29, 0.717) is 25.5 Å². The molecule has 3 N–H and O–H groups in total. The van der Waals surface area contributed by atoms with Crippen LogP contribution in [0, 0.1) is 0 Å². The molecular weight excluding hydrogens is 286 g/mol. The fraction of sp³-hybridized carbons (Fsp3) is 0.727. The van der Waals surface area contributed by atoms with Gasteiger partial charge in [-0.25, -0.2) is 0 Å². The number of ether oxygens (including phenoxy) is 1. The van der Waals surface area contributed by atoms with Crippen molar-refractivity contribution in [2.45, 2.75) is 32.2 Å². The standard InChI is InChI=1S/C11H19N5O3.ClH/c1-7-3-15(11(18)8(12)5-17)4-9-13-14-10(6-19-2)16(7)9;/h7-8,17H,3-6,12H2,1-2H3;1H/t7-,8-;/m0./s1. The summed E-state index contributed by atoms with van der Waals surface area (Å²) in [6.45, 7) is 2.89. The van der Waals surface area contributed by atoms with Gasteiger partial charge in [-0.3, -0.25) is 4.79 Å². The highest BCUT2D eigenvalue weighted by atomic mass is 35.5. The Bertz CT molecular complexity index is 467. The van der Waals surface area contributed by atoms with E-state index < -0.39 is 6.04 Å². The quantitative estimate of drug-likeness (QED) is 0.744. The van der Waals surface area contributed by atoms with Gasteiger partial charge in [0.05, 0.1) is 19.2 Å². The lowest BCUT2D eigenvalue weighted by molar-refractivity contribution is -0.135. The molecule has 0 unspecified atom stereocenters. The van der Waals surface area contributed by atoms with E-state index in [-0.39, 0.29) is 31.0 Å². The number of fused-ring (bicyclic) bond motifs is 1. The Balaban J connectivity index is 0.00000200. The molecule has 2 atom stereocenters. The second-order valence-corrected chi connectivity index (χ2v) is 4.69. The molecule has 9 heteroatoms. The average Bonchev–Trinajstić information content (AvgIpc) is 2.81. The van der Waals surface area contributed by atoms with Crippen LogP contribution in [0.15, 0.2) is 0 Å². The number of carbonyl (C=O) groups excluding carboxylic acids is 1. The van der Waals surface area contributed by atoms with Gasteiger partial charge in [-0.05, 0) is 6.92 Å². The molecule has 0 saturated carbocycles. The van der Waals surface area contributed by atoms with Crippen LogP contribution in [0.1, 0.15) is 24.6 Å². The van der Waals surface area contributed by atoms with Gasteiger partial charge in [0.25, 0.3) is 0 Å². The number of halogens is 1. The Morgan fingerprint density at radius 2 is 2.30 bits per heavy atom. The molecule has 2 rings (SSSR count). The maximum Gasteiger partial charge on any atom is 0.242 e. The molecule has 1 aromatic rings. The third-order valence-electron chi connectivity index (χ3n) is 3.19. The number of nitrogens with zero attached hydrogens (tertiary/aromatic N) is 4. The molecule has 0 spiro atoms. The first-order valence-electron chi connectivity index (χ1n) is 6.15. The molecule has 0 fully saturated rings. The zero-order valence-corrected chi connectivity index (χ0v) is 12.3. The van der Waals surface area contributed by atoms with Gasteiger partial charge in [0, 0.05) is 13.7 Å². The zero-order chi connectivity index (χ0) is 14.0. The van der Waals surface area contributed by atoms with Crippen LogP contribution in [0.3, 0.4) is 0 Å². The molecule has 0 radical (unpaired) electrons. The lowest BCUT2D eigenvalue weighted by Crippen LogP contribution is -2.49. The van der Waals surface area contributed by atoms with E-state index in [2.05, 4.69) is 10.2 Å². The first kappa shape index (κ1) is 16.8. The maximum atomic E-state index is 12.0. The molecule has 20 heavy (non-hydrogen) atoms. The van der Waals surface area contributed by atoms with Crippen LogP contribution in [0.5, 0.6) is 0 Å². The Morgan fingerprint density at radius 1 is 1.60 bits per heavy atom. The van der Waals surface area contributed by atoms with Crippen LogP contribution in [0.25, 0.3) is 0 Å². The minimum atomic E-state index is -0.875. The summed E-state index contributed by atoms with van der Waals surface area (Å²) in [6.07, 6.45) is 0. The number of aliphatic hydroxyl groups excluding tert-OH is 1. The lowest BCUT2D eigenvalue weighted by Gasteiger charge is -2.33. The van der Waals surface area contributed by atoms with Crippen LogP contribution in [-0.4, -0.2) is 57.0 Å². The molecule has 1 aromatic heterocycles. The highest BCUT2D eigenvalue weighted by molar-refractivity contribution is 5.85. The van der Waals surface area contributed by atoms with Crippen molar-refractivity contribution in [1.82, 2.24) is 19.7 Å². The zero-order valence-electron chi connectivity index (χ0n) is 11.5. The van der Waals surface area contributed by atoms with E-state index in [1.165, 1.54) is 0 Å². The van der Waals surface area contributed by atoms with Crippen molar-refractivity contribution in [2.75, 3.05) is 20.3 Å². The van der Waals surface area contributed by atoms with Crippen LogP contribution >= 0.6 is 12.4 Å². The number of nitrogens with two attached hydrogens (primary N) is 1. The molecule has 2 heterocycles. The Labute approximate surface area is 123 Å². The van der Waals surface area contributed by atoms with Gasteiger partial charge in [-0.15, -0.1) is 22.6 Å². The van der Waals surface area contributed by atoms with Crippen molar-refractivity contribution in [3.63, 3.8) is 0 Å². The normalized spacial score (nSPS) is 19.2. The van der Waals surface area contributed by atoms with E-state index in [1.807, 2.05) is 11.5 Å². The summed E-state index contributed by atoms with van der Waals surface area (Å²) in [5, 5.41) is 17.1. The van der Waals surface area contributed by atoms with Crippen LogP contribution in [0.2, 0.25) is 0 Å². The summed E-state index contributed by atoms with van der Waals surface area (Å²) >= 11 is 0. The van der Waals surface area contributed by atoms with E-state index in [0.717, 1.165) is 5.82 Å². The number of aromatic nitrogens is 3. The number of aliphatic hydroxyl groups is 1. The Kier molecular flexibility index (Phi) is 5.88. The first-order valence-corrected chi connectivity index (χ1v) is 6.15. The third kappa shape index (κ3) is 3.09. The minimum absolute atomic E-state index is 0. The molecule has 0 saturated heterocycles. The second-order valence-electron chi connectivity index (χ2n) is 4.69. The van der Waals surface area contributed by atoms with Crippen molar-refractivity contribution in [2.24, 2.45) is 5.73 Å². The van der Waals surface area contributed by atoms with Crippen LogP contribution < -0.4 is 5.73 Å². The van der Waals surface area contributed by atoms with Gasteiger partial charge in [-0.1, -0.05) is 0 Å². The molecule has 0 bridgehead atoms.